The molecule has 2 saturated carbocycles. The first-order chi connectivity index (χ1) is 4.70. The number of carboxylic acid groups (broad SMARTS) is 1. The van der Waals surface area contributed by atoms with Crippen LogP contribution in [0.4, 0.5) is 0 Å². The average Bonchev–Trinajstić information content (AvgIpc) is 2.32. The largest absolute Gasteiger partial charge is 0.481 e. The minimum absolute atomic E-state index is 0.0381. The molecule has 2 aliphatic rings. The van der Waals surface area contributed by atoms with E-state index in [9.17, 15) is 4.79 Å². The highest BCUT2D eigenvalue weighted by Gasteiger charge is 2.58. The van der Waals surface area contributed by atoms with E-state index in [2.05, 4.69) is 6.92 Å². The van der Waals surface area contributed by atoms with Gasteiger partial charge in [0.1, 0.15) is 0 Å². The van der Waals surface area contributed by atoms with Crippen molar-refractivity contribution < 1.29 is 9.90 Å². The molecule has 0 aromatic heterocycles. The van der Waals surface area contributed by atoms with Crippen LogP contribution in [0.5, 0.6) is 0 Å². The van der Waals surface area contributed by atoms with Crippen molar-refractivity contribution in [3.8, 4) is 0 Å². The second-order valence-electron chi connectivity index (χ2n) is 3.77. The number of rotatable bonds is 1. The molecule has 2 aliphatic carbocycles. The Balaban J connectivity index is 1.98. The van der Waals surface area contributed by atoms with E-state index in [0.717, 1.165) is 18.8 Å². The maximum Gasteiger partial charge on any atom is 0.307 e. The third kappa shape index (κ3) is 0.678. The summed E-state index contributed by atoms with van der Waals surface area (Å²) < 4.78 is 0. The van der Waals surface area contributed by atoms with Gasteiger partial charge in [-0.15, -0.1) is 0 Å². The van der Waals surface area contributed by atoms with Crippen molar-refractivity contribution in [2.75, 3.05) is 0 Å². The highest BCUT2D eigenvalue weighted by Crippen LogP contribution is 2.59. The predicted molar refractivity (Wildman–Crippen MR) is 36.5 cm³/mol. The second kappa shape index (κ2) is 1.74. The van der Waals surface area contributed by atoms with Gasteiger partial charge in [-0.3, -0.25) is 4.79 Å². The minimum Gasteiger partial charge on any atom is -0.481 e. The number of hydrogen-bond acceptors (Lipinski definition) is 1. The van der Waals surface area contributed by atoms with E-state index >= 15 is 0 Å². The van der Waals surface area contributed by atoms with Gasteiger partial charge in [0, 0.05) is 0 Å². The molecular formula is C8H12O2. The number of aliphatic carboxylic acids is 1. The number of carboxylic acids is 1. The zero-order valence-corrected chi connectivity index (χ0v) is 6.08. The fourth-order valence-corrected chi connectivity index (χ4v) is 2.48. The molecule has 0 amide bonds. The van der Waals surface area contributed by atoms with Crippen molar-refractivity contribution >= 4 is 5.97 Å². The average molecular weight is 140 g/mol. The van der Waals surface area contributed by atoms with Crippen LogP contribution in [0.2, 0.25) is 0 Å². The Labute approximate surface area is 60.2 Å². The molecule has 2 unspecified atom stereocenters. The summed E-state index contributed by atoms with van der Waals surface area (Å²) in [7, 11) is 0. The Kier molecular flexibility index (Phi) is 1.08. The van der Waals surface area contributed by atoms with Crippen LogP contribution in [0.3, 0.4) is 0 Å². The summed E-state index contributed by atoms with van der Waals surface area (Å²) in [6.07, 6.45) is 2.31. The fraction of sp³-hybridized carbons (Fsp3) is 0.875. The maximum atomic E-state index is 10.5. The third-order valence-electron chi connectivity index (χ3n) is 2.97. The molecule has 0 aromatic rings. The molecule has 0 heterocycles. The van der Waals surface area contributed by atoms with E-state index in [1.165, 1.54) is 0 Å². The van der Waals surface area contributed by atoms with E-state index in [4.69, 9.17) is 5.11 Å². The molecule has 1 N–H and O–H groups in total. The highest BCUT2D eigenvalue weighted by molar-refractivity contribution is 5.74. The van der Waals surface area contributed by atoms with Gasteiger partial charge in [-0.2, -0.15) is 0 Å². The lowest BCUT2D eigenvalue weighted by molar-refractivity contribution is -0.139. The van der Waals surface area contributed by atoms with Gasteiger partial charge in [-0.05, 0) is 30.6 Å². The molecule has 0 radical (unpaired) electrons. The zero-order chi connectivity index (χ0) is 7.30. The molecule has 0 saturated heterocycles. The number of carbonyl (C=O) groups is 1. The van der Waals surface area contributed by atoms with Crippen molar-refractivity contribution in [3.05, 3.63) is 0 Å². The molecule has 0 spiro atoms. The summed E-state index contributed by atoms with van der Waals surface area (Å²) in [6, 6.07) is 0. The van der Waals surface area contributed by atoms with Crippen LogP contribution in [0.15, 0.2) is 0 Å². The fourth-order valence-electron chi connectivity index (χ4n) is 2.48. The van der Waals surface area contributed by atoms with Crippen LogP contribution in [0.25, 0.3) is 0 Å². The summed E-state index contributed by atoms with van der Waals surface area (Å²) in [5.74, 6) is 1.35. The van der Waals surface area contributed by atoms with Crippen LogP contribution in [-0.2, 0) is 4.79 Å². The highest BCUT2D eigenvalue weighted by atomic mass is 16.4. The smallest absolute Gasteiger partial charge is 0.307 e. The second-order valence-corrected chi connectivity index (χ2v) is 3.77. The molecule has 2 heteroatoms. The van der Waals surface area contributed by atoms with E-state index in [-0.39, 0.29) is 5.92 Å². The monoisotopic (exact) mass is 140 g/mol. The molecular weight excluding hydrogens is 128 g/mol. The van der Waals surface area contributed by atoms with Crippen LogP contribution in [0, 0.1) is 23.7 Å². The topological polar surface area (TPSA) is 37.3 Å². The lowest BCUT2D eigenvalue weighted by Crippen LogP contribution is -2.05. The molecule has 0 aliphatic heterocycles. The third-order valence-corrected chi connectivity index (χ3v) is 2.97. The molecule has 10 heavy (non-hydrogen) atoms. The predicted octanol–water partition coefficient (Wildman–Crippen LogP) is 1.36. The summed E-state index contributed by atoms with van der Waals surface area (Å²) >= 11 is 0. The van der Waals surface area contributed by atoms with Gasteiger partial charge >= 0.3 is 5.97 Å². The van der Waals surface area contributed by atoms with Crippen LogP contribution >= 0.6 is 0 Å². The molecule has 0 aromatic carbocycles. The van der Waals surface area contributed by atoms with Crippen LogP contribution in [-0.4, -0.2) is 11.1 Å². The first-order valence-corrected chi connectivity index (χ1v) is 3.93. The van der Waals surface area contributed by atoms with Gasteiger partial charge in [0.05, 0.1) is 5.92 Å². The Morgan fingerprint density at radius 3 is 2.30 bits per heavy atom. The van der Waals surface area contributed by atoms with Crippen molar-refractivity contribution in [1.82, 2.24) is 0 Å². The molecule has 56 valence electrons. The molecule has 2 nitrogen and oxygen atoms in total. The Morgan fingerprint density at radius 1 is 1.40 bits per heavy atom. The van der Waals surface area contributed by atoms with Gasteiger partial charge in [0.2, 0.25) is 0 Å². The van der Waals surface area contributed by atoms with Gasteiger partial charge in [0.25, 0.3) is 0 Å². The Hall–Kier alpha value is -0.530. The summed E-state index contributed by atoms with van der Waals surface area (Å²) in [5, 5.41) is 8.65. The Bertz CT molecular complexity index is 164. The number of fused-ring (bicyclic) bond motifs is 1. The Morgan fingerprint density at radius 2 is 1.90 bits per heavy atom. The summed E-state index contributed by atoms with van der Waals surface area (Å²) in [5.41, 5.74) is 0. The zero-order valence-electron chi connectivity index (χ0n) is 6.08. The van der Waals surface area contributed by atoms with Crippen molar-refractivity contribution in [3.63, 3.8) is 0 Å². The lowest BCUT2D eigenvalue weighted by atomic mass is 10.0. The maximum absolute atomic E-state index is 10.5. The van der Waals surface area contributed by atoms with Crippen molar-refractivity contribution in [2.45, 2.75) is 19.8 Å². The first-order valence-electron chi connectivity index (χ1n) is 3.93. The quantitative estimate of drug-likeness (QED) is 0.597. The SMILES string of the molecule is CC1CC2C(C1)C2C(=O)O. The molecule has 2 fully saturated rings. The van der Waals surface area contributed by atoms with Crippen molar-refractivity contribution in [2.24, 2.45) is 23.7 Å². The van der Waals surface area contributed by atoms with Gasteiger partial charge < -0.3 is 5.11 Å². The van der Waals surface area contributed by atoms with Crippen LogP contribution in [0.1, 0.15) is 19.8 Å². The van der Waals surface area contributed by atoms with Crippen molar-refractivity contribution in [1.29, 1.82) is 0 Å². The lowest BCUT2D eigenvalue weighted by Gasteiger charge is -2.03. The van der Waals surface area contributed by atoms with Gasteiger partial charge in [-0.1, -0.05) is 6.92 Å². The molecule has 2 rings (SSSR count). The normalized spacial score (nSPS) is 50.5. The molecule has 0 bridgehead atoms. The summed E-state index contributed by atoms with van der Waals surface area (Å²) in [6.45, 7) is 2.21. The van der Waals surface area contributed by atoms with E-state index in [1.54, 1.807) is 0 Å². The molecule has 2 atom stereocenters. The van der Waals surface area contributed by atoms with Gasteiger partial charge in [0.15, 0.2) is 0 Å². The first kappa shape index (κ1) is 6.20. The standard InChI is InChI=1S/C8H12O2/c1-4-2-5-6(3-4)7(5)8(9)10/h4-7H,2-3H2,1H3,(H,9,10). The minimum atomic E-state index is -0.568. The van der Waals surface area contributed by atoms with E-state index < -0.39 is 5.97 Å². The van der Waals surface area contributed by atoms with Crippen LogP contribution < -0.4 is 0 Å². The number of hydrogen-bond donors (Lipinski definition) is 1. The van der Waals surface area contributed by atoms with Gasteiger partial charge in [-0.25, -0.2) is 0 Å². The van der Waals surface area contributed by atoms with E-state index in [0.29, 0.717) is 11.8 Å². The van der Waals surface area contributed by atoms with E-state index in [1.807, 2.05) is 0 Å². The summed E-state index contributed by atoms with van der Waals surface area (Å²) in [4.78, 5) is 10.5.